The zero-order valence-corrected chi connectivity index (χ0v) is 13.3. The lowest BCUT2D eigenvalue weighted by Crippen LogP contribution is -2.35. The number of rotatable bonds is 4. The highest BCUT2D eigenvalue weighted by Gasteiger charge is 2.29. The van der Waals surface area contributed by atoms with Crippen LogP contribution in [-0.2, 0) is 6.54 Å². The van der Waals surface area contributed by atoms with E-state index in [1.165, 1.54) is 0 Å². The highest BCUT2D eigenvalue weighted by molar-refractivity contribution is 6.30. The molecule has 1 fully saturated rings. The largest absolute Gasteiger partial charge is 0.368 e. The summed E-state index contributed by atoms with van der Waals surface area (Å²) in [5.74, 6) is 1.53. The second kappa shape index (κ2) is 6.10. The van der Waals surface area contributed by atoms with E-state index in [1.54, 1.807) is 0 Å². The summed E-state index contributed by atoms with van der Waals surface area (Å²) in [6, 6.07) is 10.1. The van der Waals surface area contributed by atoms with Gasteiger partial charge in [-0.05, 0) is 30.5 Å². The third-order valence-corrected chi connectivity index (χ3v) is 4.28. The van der Waals surface area contributed by atoms with Gasteiger partial charge < -0.3 is 16.4 Å². The number of nitrogens with zero attached hydrogens (tertiary/aromatic N) is 3. The van der Waals surface area contributed by atoms with Gasteiger partial charge in [0.15, 0.2) is 0 Å². The normalized spacial score (nSPS) is 20.5. The minimum Gasteiger partial charge on any atom is -0.368 e. The number of hydrogen-bond donors (Lipinski definition) is 2. The molecule has 1 aliphatic rings. The molecule has 2 aromatic rings. The van der Waals surface area contributed by atoms with E-state index in [-0.39, 0.29) is 6.04 Å². The van der Waals surface area contributed by atoms with E-state index in [2.05, 4.69) is 9.97 Å². The van der Waals surface area contributed by atoms with Crippen molar-refractivity contribution in [3.63, 3.8) is 0 Å². The molecule has 1 saturated carbocycles. The van der Waals surface area contributed by atoms with Gasteiger partial charge in [-0.3, -0.25) is 0 Å². The van der Waals surface area contributed by atoms with E-state index >= 15 is 0 Å². The first-order chi connectivity index (χ1) is 10.5. The first kappa shape index (κ1) is 15.1. The monoisotopic (exact) mass is 317 g/mol. The van der Waals surface area contributed by atoms with Crippen molar-refractivity contribution in [2.24, 2.45) is 5.73 Å². The van der Waals surface area contributed by atoms with Crippen LogP contribution in [-0.4, -0.2) is 23.1 Å². The zero-order valence-electron chi connectivity index (χ0n) is 12.5. The maximum Gasteiger partial charge on any atom is 0.222 e. The average molecular weight is 318 g/mol. The van der Waals surface area contributed by atoms with Gasteiger partial charge in [0.05, 0.1) is 5.69 Å². The SMILES string of the molecule is CN(Cc1cccc(Cl)c1)c1cc(C2CC(N)C2)nc(N)n1. The van der Waals surface area contributed by atoms with Crippen LogP contribution >= 0.6 is 11.6 Å². The van der Waals surface area contributed by atoms with Crippen molar-refractivity contribution in [1.82, 2.24) is 9.97 Å². The number of nitrogen functional groups attached to an aromatic ring is 1. The van der Waals surface area contributed by atoms with Crippen molar-refractivity contribution < 1.29 is 0 Å². The molecular weight excluding hydrogens is 298 g/mol. The highest BCUT2D eigenvalue weighted by atomic mass is 35.5. The number of hydrogen-bond acceptors (Lipinski definition) is 5. The standard InChI is InChI=1S/C16H20ClN5/c1-22(9-10-3-2-4-12(17)5-10)15-8-14(20-16(19)21-15)11-6-13(18)7-11/h2-5,8,11,13H,6-7,9,18H2,1H3,(H2,19,20,21). The molecule has 1 heterocycles. The van der Waals surface area contributed by atoms with Gasteiger partial charge in [-0.15, -0.1) is 0 Å². The number of halogens is 1. The smallest absolute Gasteiger partial charge is 0.222 e. The van der Waals surface area contributed by atoms with Crippen LogP contribution < -0.4 is 16.4 Å². The van der Waals surface area contributed by atoms with E-state index < -0.39 is 0 Å². The molecule has 0 unspecified atom stereocenters. The zero-order chi connectivity index (χ0) is 15.7. The number of anilines is 2. The summed E-state index contributed by atoms with van der Waals surface area (Å²) in [5.41, 5.74) is 13.8. The molecule has 0 atom stereocenters. The van der Waals surface area contributed by atoms with Crippen molar-refractivity contribution in [2.45, 2.75) is 31.3 Å². The average Bonchev–Trinajstić information content (AvgIpc) is 2.43. The van der Waals surface area contributed by atoms with Gasteiger partial charge >= 0.3 is 0 Å². The summed E-state index contributed by atoms with van der Waals surface area (Å²) < 4.78 is 0. The van der Waals surface area contributed by atoms with Crippen molar-refractivity contribution in [3.8, 4) is 0 Å². The second-order valence-electron chi connectivity index (χ2n) is 5.92. The van der Waals surface area contributed by atoms with E-state index in [0.29, 0.717) is 18.4 Å². The quantitative estimate of drug-likeness (QED) is 0.905. The minimum absolute atomic E-state index is 0.286. The highest BCUT2D eigenvalue weighted by Crippen LogP contribution is 2.35. The van der Waals surface area contributed by atoms with E-state index in [9.17, 15) is 0 Å². The van der Waals surface area contributed by atoms with Crippen LogP contribution in [0.25, 0.3) is 0 Å². The van der Waals surface area contributed by atoms with Gasteiger partial charge in [0.25, 0.3) is 0 Å². The van der Waals surface area contributed by atoms with Crippen LogP contribution in [0.3, 0.4) is 0 Å². The lowest BCUT2D eigenvalue weighted by atomic mass is 9.78. The van der Waals surface area contributed by atoms with Gasteiger partial charge in [-0.2, -0.15) is 4.98 Å². The molecule has 1 aliphatic carbocycles. The van der Waals surface area contributed by atoms with Gasteiger partial charge in [0, 0.05) is 36.6 Å². The minimum atomic E-state index is 0.286. The van der Waals surface area contributed by atoms with Crippen LogP contribution in [0, 0.1) is 0 Å². The molecule has 0 amide bonds. The molecule has 5 nitrogen and oxygen atoms in total. The van der Waals surface area contributed by atoms with Gasteiger partial charge in [-0.25, -0.2) is 4.98 Å². The predicted octanol–water partition coefficient (Wildman–Crippen LogP) is 2.55. The summed E-state index contributed by atoms with van der Waals surface area (Å²) >= 11 is 6.03. The Bertz CT molecular complexity index is 669. The predicted molar refractivity (Wildman–Crippen MR) is 90.0 cm³/mol. The molecule has 4 N–H and O–H groups in total. The molecule has 22 heavy (non-hydrogen) atoms. The maximum absolute atomic E-state index is 6.03. The lowest BCUT2D eigenvalue weighted by Gasteiger charge is -2.32. The molecule has 1 aromatic carbocycles. The van der Waals surface area contributed by atoms with Crippen molar-refractivity contribution in [3.05, 3.63) is 46.6 Å². The van der Waals surface area contributed by atoms with Crippen molar-refractivity contribution in [2.75, 3.05) is 17.7 Å². The second-order valence-corrected chi connectivity index (χ2v) is 6.36. The number of benzene rings is 1. The molecule has 0 radical (unpaired) electrons. The lowest BCUT2D eigenvalue weighted by molar-refractivity contribution is 0.345. The Morgan fingerprint density at radius 1 is 1.27 bits per heavy atom. The molecule has 116 valence electrons. The van der Waals surface area contributed by atoms with Crippen molar-refractivity contribution >= 4 is 23.4 Å². The van der Waals surface area contributed by atoms with E-state index in [1.807, 2.05) is 42.3 Å². The Morgan fingerprint density at radius 3 is 2.73 bits per heavy atom. The summed E-state index contributed by atoms with van der Waals surface area (Å²) in [7, 11) is 1.99. The topological polar surface area (TPSA) is 81.1 Å². The number of nitrogens with two attached hydrogens (primary N) is 2. The molecule has 6 heteroatoms. The molecule has 0 bridgehead atoms. The van der Waals surface area contributed by atoms with Gasteiger partial charge in [0.1, 0.15) is 5.82 Å². The van der Waals surface area contributed by atoms with E-state index in [0.717, 1.165) is 34.9 Å². The van der Waals surface area contributed by atoms with Gasteiger partial charge in [-0.1, -0.05) is 23.7 Å². The van der Waals surface area contributed by atoms with Crippen LogP contribution in [0.4, 0.5) is 11.8 Å². The molecular formula is C16H20ClN5. The summed E-state index contributed by atoms with van der Waals surface area (Å²) in [6.45, 7) is 0.709. The summed E-state index contributed by atoms with van der Waals surface area (Å²) in [5, 5.41) is 0.734. The van der Waals surface area contributed by atoms with E-state index in [4.69, 9.17) is 23.1 Å². The fourth-order valence-corrected chi connectivity index (χ4v) is 2.98. The summed E-state index contributed by atoms with van der Waals surface area (Å²) in [4.78, 5) is 10.7. The Labute approximate surface area is 135 Å². The Kier molecular flexibility index (Phi) is 4.18. The molecule has 1 aromatic heterocycles. The Morgan fingerprint density at radius 2 is 2.05 bits per heavy atom. The molecule has 0 spiro atoms. The Hall–Kier alpha value is -1.85. The first-order valence-corrected chi connectivity index (χ1v) is 7.74. The number of aromatic nitrogens is 2. The van der Waals surface area contributed by atoms with Crippen molar-refractivity contribution in [1.29, 1.82) is 0 Å². The first-order valence-electron chi connectivity index (χ1n) is 7.37. The van der Waals surface area contributed by atoms with Crippen LogP contribution in [0.5, 0.6) is 0 Å². The molecule has 0 saturated heterocycles. The third kappa shape index (κ3) is 3.31. The third-order valence-electron chi connectivity index (χ3n) is 4.04. The van der Waals surface area contributed by atoms with Crippen LogP contribution in [0.15, 0.2) is 30.3 Å². The summed E-state index contributed by atoms with van der Waals surface area (Å²) in [6.07, 6.45) is 1.93. The Balaban J connectivity index is 1.78. The molecule has 0 aliphatic heterocycles. The fourth-order valence-electron chi connectivity index (χ4n) is 2.77. The fraction of sp³-hybridized carbons (Fsp3) is 0.375. The van der Waals surface area contributed by atoms with Gasteiger partial charge in [0.2, 0.25) is 5.95 Å². The van der Waals surface area contributed by atoms with Crippen LogP contribution in [0.1, 0.15) is 30.0 Å². The molecule has 3 rings (SSSR count). The van der Waals surface area contributed by atoms with Crippen LogP contribution in [0.2, 0.25) is 5.02 Å². The maximum atomic E-state index is 6.03.